The van der Waals surface area contributed by atoms with E-state index in [1.165, 1.54) is 0 Å². The van der Waals surface area contributed by atoms with Crippen LogP contribution < -0.4 is 15.0 Å². The summed E-state index contributed by atoms with van der Waals surface area (Å²) in [6.07, 6.45) is 1.43. The van der Waals surface area contributed by atoms with Crippen molar-refractivity contribution in [3.8, 4) is 5.75 Å². The second-order valence-electron chi connectivity index (χ2n) is 5.65. The third kappa shape index (κ3) is 4.59. The van der Waals surface area contributed by atoms with Crippen LogP contribution in [0.2, 0.25) is 0 Å². The molecule has 1 aliphatic rings. The molecule has 2 amide bonds. The van der Waals surface area contributed by atoms with Gasteiger partial charge in [-0.2, -0.15) is 0 Å². The molecule has 2 aromatic rings. The van der Waals surface area contributed by atoms with Gasteiger partial charge < -0.3 is 19.7 Å². The van der Waals surface area contributed by atoms with E-state index in [0.717, 1.165) is 23.6 Å². The molecular weight excluding hydrogens is 372 g/mol. The summed E-state index contributed by atoms with van der Waals surface area (Å²) in [7, 11) is 0. The van der Waals surface area contributed by atoms with Gasteiger partial charge in [0.1, 0.15) is 5.75 Å². The van der Waals surface area contributed by atoms with Crippen LogP contribution in [-0.4, -0.2) is 47.1 Å². The quantitative estimate of drug-likeness (QED) is 0.718. The fourth-order valence-corrected chi connectivity index (χ4v) is 3.13. The van der Waals surface area contributed by atoms with Crippen LogP contribution in [0.4, 0.5) is 10.7 Å². The first-order valence-corrected chi connectivity index (χ1v) is 9.18. The first-order chi connectivity index (χ1) is 13.1. The fraction of sp³-hybridized carbons (Fsp3) is 0.353. The number of amides is 2. The van der Waals surface area contributed by atoms with Gasteiger partial charge in [-0.05, 0) is 37.6 Å². The number of esters is 1. The lowest BCUT2D eigenvalue weighted by molar-refractivity contribution is -0.118. The van der Waals surface area contributed by atoms with Crippen LogP contribution in [0.25, 0.3) is 0 Å². The van der Waals surface area contributed by atoms with Crippen LogP contribution in [0.5, 0.6) is 5.75 Å². The van der Waals surface area contributed by atoms with E-state index >= 15 is 0 Å². The van der Waals surface area contributed by atoms with E-state index in [1.807, 2.05) is 0 Å². The number of rotatable bonds is 7. The van der Waals surface area contributed by atoms with Crippen LogP contribution in [0.1, 0.15) is 30.3 Å². The van der Waals surface area contributed by atoms with Gasteiger partial charge in [-0.25, -0.2) is 4.79 Å². The molecular formula is C17H18N4O5S. The van der Waals surface area contributed by atoms with Crippen molar-refractivity contribution < 1.29 is 23.9 Å². The van der Waals surface area contributed by atoms with E-state index in [1.54, 1.807) is 36.1 Å². The zero-order chi connectivity index (χ0) is 19.2. The van der Waals surface area contributed by atoms with Gasteiger partial charge in [0.25, 0.3) is 5.91 Å². The molecule has 1 aliphatic heterocycles. The normalized spacial score (nSPS) is 13.5. The van der Waals surface area contributed by atoms with Crippen LogP contribution in [0.3, 0.4) is 0 Å². The molecule has 9 nitrogen and oxygen atoms in total. The highest BCUT2D eigenvalue weighted by Gasteiger charge is 2.22. The summed E-state index contributed by atoms with van der Waals surface area (Å²) < 4.78 is 13.9. The number of nitrogens with one attached hydrogen (secondary N) is 1. The molecule has 3 rings (SSSR count). The Morgan fingerprint density at radius 1 is 1.30 bits per heavy atom. The highest BCUT2D eigenvalue weighted by atomic mass is 32.1. The summed E-state index contributed by atoms with van der Waals surface area (Å²) in [5, 5.41) is 6.42. The molecule has 0 bridgehead atoms. The molecule has 1 aromatic heterocycles. The second-order valence-corrected chi connectivity index (χ2v) is 6.40. The van der Waals surface area contributed by atoms with Gasteiger partial charge in [0.2, 0.25) is 11.6 Å². The van der Waals surface area contributed by atoms with Crippen molar-refractivity contribution in [2.75, 3.05) is 30.0 Å². The Bertz CT molecular complexity index is 836. The minimum Gasteiger partial charge on any atom is -0.484 e. The SMILES string of the molecule is CCOC(=O)c1nnsc1NC(=O)COc1ccc(N2CCCC2=O)cc1. The molecule has 1 saturated heterocycles. The summed E-state index contributed by atoms with van der Waals surface area (Å²) in [6.45, 7) is 2.34. The first kappa shape index (κ1) is 18.8. The van der Waals surface area contributed by atoms with Crippen molar-refractivity contribution in [3.05, 3.63) is 30.0 Å². The fourth-order valence-electron chi connectivity index (χ4n) is 2.56. The van der Waals surface area contributed by atoms with E-state index < -0.39 is 11.9 Å². The van der Waals surface area contributed by atoms with E-state index in [4.69, 9.17) is 9.47 Å². The zero-order valence-corrected chi connectivity index (χ0v) is 15.5. The average Bonchev–Trinajstić information content (AvgIpc) is 3.29. The topological polar surface area (TPSA) is 111 Å². The van der Waals surface area contributed by atoms with Gasteiger partial charge in [0.05, 0.1) is 6.61 Å². The van der Waals surface area contributed by atoms with Crippen molar-refractivity contribution >= 4 is 40.0 Å². The lowest BCUT2D eigenvalue weighted by Crippen LogP contribution is -2.23. The molecule has 0 saturated carbocycles. The molecule has 27 heavy (non-hydrogen) atoms. The number of ether oxygens (including phenoxy) is 2. The predicted octanol–water partition coefficient (Wildman–Crippen LogP) is 1.86. The number of benzene rings is 1. The number of aromatic nitrogens is 2. The highest BCUT2D eigenvalue weighted by Crippen LogP contribution is 2.24. The number of anilines is 2. The summed E-state index contributed by atoms with van der Waals surface area (Å²) >= 11 is 0.883. The van der Waals surface area contributed by atoms with Crippen LogP contribution >= 0.6 is 11.5 Å². The second kappa shape index (κ2) is 8.58. The molecule has 2 heterocycles. The van der Waals surface area contributed by atoms with Crippen molar-refractivity contribution in [2.45, 2.75) is 19.8 Å². The van der Waals surface area contributed by atoms with Gasteiger partial charge in [0, 0.05) is 30.2 Å². The lowest BCUT2D eigenvalue weighted by Gasteiger charge is -2.16. The Labute approximate surface area is 159 Å². The van der Waals surface area contributed by atoms with E-state index in [2.05, 4.69) is 14.9 Å². The Morgan fingerprint density at radius 3 is 2.74 bits per heavy atom. The summed E-state index contributed by atoms with van der Waals surface area (Å²) in [4.78, 5) is 37.2. The smallest absolute Gasteiger partial charge is 0.362 e. The Balaban J connectivity index is 1.53. The highest BCUT2D eigenvalue weighted by molar-refractivity contribution is 7.10. The third-order valence-electron chi connectivity index (χ3n) is 3.80. The Morgan fingerprint density at radius 2 is 2.07 bits per heavy atom. The lowest BCUT2D eigenvalue weighted by atomic mass is 10.3. The molecule has 0 atom stereocenters. The number of hydrogen-bond donors (Lipinski definition) is 1. The molecule has 0 radical (unpaired) electrons. The van der Waals surface area contributed by atoms with Gasteiger partial charge in [0.15, 0.2) is 11.6 Å². The Kier molecular flexibility index (Phi) is 5.97. The van der Waals surface area contributed by atoms with Crippen LogP contribution in [0.15, 0.2) is 24.3 Å². The molecule has 0 unspecified atom stereocenters. The molecule has 142 valence electrons. The van der Waals surface area contributed by atoms with Gasteiger partial charge >= 0.3 is 5.97 Å². The molecule has 1 fully saturated rings. The number of nitrogens with zero attached hydrogens (tertiary/aromatic N) is 3. The molecule has 0 spiro atoms. The van der Waals surface area contributed by atoms with Crippen LogP contribution in [0, 0.1) is 0 Å². The summed E-state index contributed by atoms with van der Waals surface area (Å²) in [6, 6.07) is 6.96. The van der Waals surface area contributed by atoms with Gasteiger partial charge in [-0.15, -0.1) is 5.10 Å². The molecule has 1 N–H and O–H groups in total. The summed E-state index contributed by atoms with van der Waals surface area (Å²) in [5.74, 6) is -0.493. The van der Waals surface area contributed by atoms with Gasteiger partial charge in [-0.1, -0.05) is 4.49 Å². The minimum absolute atomic E-state index is 0.0326. The standard InChI is InChI=1S/C17H18N4O5S/c1-2-25-17(24)15-16(27-20-19-15)18-13(22)10-26-12-7-5-11(6-8-12)21-9-3-4-14(21)23/h5-8H,2-4,9-10H2,1H3,(H,18,22). The molecule has 10 heteroatoms. The predicted molar refractivity (Wildman–Crippen MR) is 98.0 cm³/mol. The van der Waals surface area contributed by atoms with Crippen molar-refractivity contribution in [1.82, 2.24) is 9.59 Å². The minimum atomic E-state index is -0.644. The maximum absolute atomic E-state index is 12.0. The first-order valence-electron chi connectivity index (χ1n) is 8.41. The monoisotopic (exact) mass is 390 g/mol. The Hall–Kier alpha value is -3.01. The van der Waals surface area contributed by atoms with E-state index in [0.29, 0.717) is 18.7 Å². The molecule has 0 aliphatic carbocycles. The average molecular weight is 390 g/mol. The zero-order valence-electron chi connectivity index (χ0n) is 14.6. The number of carbonyl (C=O) groups is 3. The number of carbonyl (C=O) groups excluding carboxylic acids is 3. The van der Waals surface area contributed by atoms with Crippen molar-refractivity contribution in [3.63, 3.8) is 0 Å². The van der Waals surface area contributed by atoms with E-state index in [-0.39, 0.29) is 29.8 Å². The maximum atomic E-state index is 12.0. The third-order valence-corrected chi connectivity index (χ3v) is 4.44. The largest absolute Gasteiger partial charge is 0.484 e. The number of hydrogen-bond acceptors (Lipinski definition) is 8. The van der Waals surface area contributed by atoms with Crippen molar-refractivity contribution in [2.24, 2.45) is 0 Å². The van der Waals surface area contributed by atoms with Crippen molar-refractivity contribution in [1.29, 1.82) is 0 Å². The van der Waals surface area contributed by atoms with Crippen LogP contribution in [-0.2, 0) is 14.3 Å². The van der Waals surface area contributed by atoms with Gasteiger partial charge in [-0.3, -0.25) is 9.59 Å². The van der Waals surface area contributed by atoms with E-state index in [9.17, 15) is 14.4 Å². The molecule has 1 aromatic carbocycles. The summed E-state index contributed by atoms with van der Waals surface area (Å²) in [5.41, 5.74) is 0.777. The maximum Gasteiger partial charge on any atom is 0.362 e.